The number of nitrogens with one attached hydrogen (secondary N) is 1. The summed E-state index contributed by atoms with van der Waals surface area (Å²) in [4.78, 5) is 49.7. The van der Waals surface area contributed by atoms with Crippen LogP contribution in [0.4, 0.5) is 17.1 Å². The zero-order chi connectivity index (χ0) is 51.2. The van der Waals surface area contributed by atoms with Gasteiger partial charge in [0.1, 0.15) is 6.54 Å². The lowest BCUT2D eigenvalue weighted by molar-refractivity contribution is -0.438. The van der Waals surface area contributed by atoms with Gasteiger partial charge >= 0.3 is 0 Å². The molecular weight excluding hydrogens is 931 g/mol. The second-order valence-electron chi connectivity index (χ2n) is 18.5. The third-order valence-electron chi connectivity index (χ3n) is 12.8. The fourth-order valence-electron chi connectivity index (χ4n) is 8.94. The van der Waals surface area contributed by atoms with Crippen LogP contribution in [-0.4, -0.2) is 123 Å². The van der Waals surface area contributed by atoms with E-state index in [1.807, 2.05) is 38.2 Å². The van der Waals surface area contributed by atoms with E-state index in [2.05, 4.69) is 59.8 Å². The van der Waals surface area contributed by atoms with Crippen molar-refractivity contribution in [1.29, 1.82) is 0 Å². The van der Waals surface area contributed by atoms with Gasteiger partial charge in [0, 0.05) is 91.3 Å². The summed E-state index contributed by atoms with van der Waals surface area (Å²) in [5, 5.41) is 13.6. The zero-order valence-electron chi connectivity index (χ0n) is 41.3. The van der Waals surface area contributed by atoms with Crippen molar-refractivity contribution >= 4 is 50.6 Å². The number of allylic oxidation sites excluding steroid dienone is 6. The molecule has 0 saturated heterocycles. The topological polar surface area (TPSA) is 207 Å². The smallest absolute Gasteiger partial charge is 0.294 e. The molecular formula is C53H66N5O12S+. The minimum Gasteiger partial charge on any atom is -0.377 e. The standard InChI is InChI=1S/C53H65N5O12S/c1-39-15-21-45-43(36-39)52(2,3)48(56(45)28-29-67-30-31-68-32-33-69-34-35-70-38-40-16-18-41(19-17-40)58(62)63)13-9-6-8-12-47-53(4,5)44-37-42(71(64,65)66)20-22-46(44)55(47)26-11-7-10-14-49(59)54-25-27-57-50(60)23-24-51(57)61/h6,8-9,12-13,15-24,36-37H,7,10-11,14,25-35,38H2,1-5H3,(H-,54,59,64,65,66)/p+1. The lowest BCUT2D eigenvalue weighted by Gasteiger charge is -2.27. The van der Waals surface area contributed by atoms with E-state index in [9.17, 15) is 37.5 Å². The number of ether oxygens (including phenoxy) is 4. The zero-order valence-corrected chi connectivity index (χ0v) is 42.1. The Hall–Kier alpha value is -6.15. The summed E-state index contributed by atoms with van der Waals surface area (Å²) in [6, 6.07) is 17.5. The second kappa shape index (κ2) is 24.8. The number of non-ortho nitro benzene ring substituents is 1. The van der Waals surface area contributed by atoms with E-state index in [4.69, 9.17) is 18.9 Å². The van der Waals surface area contributed by atoms with Crippen molar-refractivity contribution in [3.63, 3.8) is 0 Å². The van der Waals surface area contributed by atoms with Gasteiger partial charge in [0.25, 0.3) is 27.6 Å². The maximum Gasteiger partial charge on any atom is 0.294 e. The summed E-state index contributed by atoms with van der Waals surface area (Å²) in [5.74, 6) is -0.924. The Morgan fingerprint density at radius 1 is 0.775 bits per heavy atom. The van der Waals surface area contributed by atoms with E-state index in [0.29, 0.717) is 78.8 Å². The fraction of sp³-hybridized carbons (Fsp3) is 0.434. The van der Waals surface area contributed by atoms with E-state index < -0.39 is 20.5 Å². The predicted octanol–water partition coefficient (Wildman–Crippen LogP) is 7.19. The van der Waals surface area contributed by atoms with E-state index in [0.717, 1.165) is 51.7 Å². The summed E-state index contributed by atoms with van der Waals surface area (Å²) >= 11 is 0. The van der Waals surface area contributed by atoms with Gasteiger partial charge in [0.05, 0.1) is 68.1 Å². The molecule has 3 aromatic carbocycles. The number of hydrogen-bond acceptors (Lipinski definition) is 12. The number of hydrogen-bond donors (Lipinski definition) is 2. The summed E-state index contributed by atoms with van der Waals surface area (Å²) in [7, 11) is -4.43. The maximum absolute atomic E-state index is 12.5. The van der Waals surface area contributed by atoms with Crippen LogP contribution in [0.15, 0.2) is 114 Å². The number of amides is 3. The number of anilines is 1. The number of imide groups is 1. The molecule has 71 heavy (non-hydrogen) atoms. The van der Waals surface area contributed by atoms with Crippen LogP contribution in [0.25, 0.3) is 0 Å². The van der Waals surface area contributed by atoms with E-state index in [1.165, 1.54) is 41.5 Å². The molecule has 17 nitrogen and oxygen atoms in total. The van der Waals surface area contributed by atoms with Gasteiger partial charge in [-0.1, -0.05) is 49.8 Å². The molecule has 0 aromatic heterocycles. The SMILES string of the molecule is Cc1ccc2c(c1)C(C)(C)C(=CC=CC=CC1=[N+](CCCCCC(=O)NCCN3C(=O)C=CC3=O)c3ccc(S(=O)(=O)O)cc3C1(C)C)N2CCOCCOCCOCCOCc1ccc([N+](=O)[O-])cc1. The number of nitro benzene ring substituents is 1. The van der Waals surface area contributed by atoms with Crippen LogP contribution in [0.2, 0.25) is 0 Å². The summed E-state index contributed by atoms with van der Waals surface area (Å²) < 4.78 is 59.4. The minimum absolute atomic E-state index is 0.0445. The number of benzene rings is 3. The van der Waals surface area contributed by atoms with Crippen molar-refractivity contribution in [2.75, 3.05) is 77.3 Å². The third kappa shape index (κ3) is 14.3. The number of carbonyl (C=O) groups excluding carboxylic acids is 3. The summed E-state index contributed by atoms with van der Waals surface area (Å²) in [6.07, 6.45) is 15.0. The molecule has 2 N–H and O–H groups in total. The molecule has 3 aliphatic heterocycles. The molecule has 0 bridgehead atoms. The van der Waals surface area contributed by atoms with Crippen molar-refractivity contribution in [3.8, 4) is 0 Å². The van der Waals surface area contributed by atoms with Crippen LogP contribution in [0.3, 0.4) is 0 Å². The van der Waals surface area contributed by atoms with Crippen molar-refractivity contribution < 1.29 is 55.8 Å². The van der Waals surface area contributed by atoms with E-state index >= 15 is 0 Å². The van der Waals surface area contributed by atoms with Gasteiger partial charge in [-0.15, -0.1) is 0 Å². The van der Waals surface area contributed by atoms with Gasteiger partial charge in [-0.2, -0.15) is 13.0 Å². The Labute approximate surface area is 416 Å². The number of nitro groups is 1. The molecule has 3 amide bonds. The number of fused-ring (bicyclic) bond motifs is 2. The molecule has 3 heterocycles. The van der Waals surface area contributed by atoms with E-state index in [1.54, 1.807) is 24.3 Å². The average molecular weight is 997 g/mol. The quantitative estimate of drug-likeness (QED) is 0.0141. The van der Waals surface area contributed by atoms with Crippen molar-refractivity contribution in [2.24, 2.45) is 0 Å². The fourth-order valence-corrected chi connectivity index (χ4v) is 9.45. The first kappa shape index (κ1) is 54.2. The Morgan fingerprint density at radius 2 is 1.44 bits per heavy atom. The second-order valence-corrected chi connectivity index (χ2v) is 20.0. The van der Waals surface area contributed by atoms with Gasteiger partial charge in [0.15, 0.2) is 5.71 Å². The van der Waals surface area contributed by atoms with Crippen molar-refractivity contribution in [2.45, 2.75) is 82.6 Å². The molecule has 0 unspecified atom stereocenters. The normalized spacial score (nSPS) is 16.6. The predicted molar refractivity (Wildman–Crippen MR) is 270 cm³/mol. The van der Waals surface area contributed by atoms with Crippen molar-refractivity contribution in [1.82, 2.24) is 10.2 Å². The van der Waals surface area contributed by atoms with Gasteiger partial charge in [-0.25, -0.2) is 0 Å². The molecule has 0 saturated carbocycles. The molecule has 0 spiro atoms. The number of carbonyl (C=O) groups is 3. The monoisotopic (exact) mass is 996 g/mol. The van der Waals surface area contributed by atoms with Crippen LogP contribution in [0.5, 0.6) is 0 Å². The van der Waals surface area contributed by atoms with Gasteiger partial charge in [-0.05, 0) is 81.1 Å². The van der Waals surface area contributed by atoms with E-state index in [-0.39, 0.29) is 46.8 Å². The van der Waals surface area contributed by atoms with Crippen LogP contribution in [0, 0.1) is 17.0 Å². The van der Waals surface area contributed by atoms with Crippen LogP contribution in [0.1, 0.15) is 75.6 Å². The molecule has 6 rings (SSSR count). The van der Waals surface area contributed by atoms with Crippen molar-refractivity contribution in [3.05, 3.63) is 141 Å². The first-order valence-corrected chi connectivity index (χ1v) is 25.4. The highest BCUT2D eigenvalue weighted by molar-refractivity contribution is 7.85. The Kier molecular flexibility index (Phi) is 18.9. The molecule has 0 radical (unpaired) electrons. The molecule has 18 heteroatoms. The van der Waals surface area contributed by atoms with Crippen LogP contribution >= 0.6 is 0 Å². The molecule has 380 valence electrons. The third-order valence-corrected chi connectivity index (χ3v) is 13.6. The molecule has 0 fully saturated rings. The summed E-state index contributed by atoms with van der Waals surface area (Å²) in [5.41, 5.74) is 7.27. The molecule has 0 aliphatic carbocycles. The minimum atomic E-state index is -4.43. The van der Waals surface area contributed by atoms with Gasteiger partial charge in [-0.3, -0.25) is 34.0 Å². The Bertz CT molecular complexity index is 2670. The van der Waals surface area contributed by atoms with Gasteiger partial charge < -0.3 is 29.2 Å². The highest BCUT2D eigenvalue weighted by Crippen LogP contribution is 2.48. The Balaban J connectivity index is 1.01. The highest BCUT2D eigenvalue weighted by Gasteiger charge is 2.45. The lowest BCUT2D eigenvalue weighted by Crippen LogP contribution is -2.38. The number of aryl methyl sites for hydroxylation is 1. The van der Waals surface area contributed by atoms with Crippen LogP contribution in [-0.2, 0) is 60.9 Å². The average Bonchev–Trinajstić information content (AvgIpc) is 3.84. The maximum atomic E-state index is 12.5. The largest absolute Gasteiger partial charge is 0.377 e. The number of unbranched alkanes of at least 4 members (excludes halogenated alkanes) is 2. The molecule has 3 aromatic rings. The number of nitrogens with zero attached hydrogens (tertiary/aromatic N) is 4. The van der Waals surface area contributed by atoms with Crippen LogP contribution < -0.4 is 10.2 Å². The lowest BCUT2D eigenvalue weighted by atomic mass is 9.81. The molecule has 0 atom stereocenters. The van der Waals surface area contributed by atoms with Gasteiger partial charge in [0.2, 0.25) is 11.6 Å². The highest BCUT2D eigenvalue weighted by atomic mass is 32.2. The first-order valence-electron chi connectivity index (χ1n) is 24.0. The molecule has 3 aliphatic rings. The first-order chi connectivity index (χ1) is 33.9. The Morgan fingerprint density at radius 3 is 2.10 bits per heavy atom. The summed E-state index contributed by atoms with van der Waals surface area (Å²) in [6.45, 7) is 15.5. The number of rotatable bonds is 28.